The Balaban J connectivity index is 1.57. The largest absolute Gasteiger partial charge is 0.486 e. The van der Waals surface area contributed by atoms with Gasteiger partial charge in [0.1, 0.15) is 12.7 Å². The molecule has 0 radical (unpaired) electrons. The Morgan fingerprint density at radius 2 is 2.16 bits per heavy atom. The summed E-state index contributed by atoms with van der Waals surface area (Å²) in [5, 5.41) is 6.55. The zero-order valence-electron chi connectivity index (χ0n) is 10.2. The first-order chi connectivity index (χ1) is 9.33. The minimum Gasteiger partial charge on any atom is -0.486 e. The molecule has 2 aromatic rings. The van der Waals surface area contributed by atoms with Gasteiger partial charge in [0.05, 0.1) is 6.54 Å². The van der Waals surface area contributed by atoms with Gasteiger partial charge in [0, 0.05) is 10.9 Å². The van der Waals surface area contributed by atoms with Gasteiger partial charge in [0.2, 0.25) is 0 Å². The summed E-state index contributed by atoms with van der Waals surface area (Å²) in [5.74, 6) is 1.40. The minimum atomic E-state index is -0.155. The summed E-state index contributed by atoms with van der Waals surface area (Å²) in [7, 11) is 0. The third-order valence-corrected chi connectivity index (χ3v) is 3.52. The molecule has 1 aliphatic rings. The molecule has 1 amide bonds. The summed E-state index contributed by atoms with van der Waals surface area (Å²) >= 11 is 1.50. The number of ether oxygens (including phenoxy) is 2. The number of hydrogen-bond acceptors (Lipinski definition) is 4. The lowest BCUT2D eigenvalue weighted by Crippen LogP contribution is -2.40. The van der Waals surface area contributed by atoms with Gasteiger partial charge >= 0.3 is 0 Å². The predicted octanol–water partition coefficient (Wildman–Crippen LogP) is 2.32. The van der Waals surface area contributed by atoms with Crippen LogP contribution in [0.2, 0.25) is 0 Å². The second kappa shape index (κ2) is 5.32. The molecule has 19 heavy (non-hydrogen) atoms. The van der Waals surface area contributed by atoms with Crippen molar-refractivity contribution >= 4 is 17.2 Å². The van der Waals surface area contributed by atoms with Crippen molar-refractivity contribution in [2.24, 2.45) is 0 Å². The van der Waals surface area contributed by atoms with Crippen LogP contribution in [0.1, 0.15) is 10.4 Å². The average Bonchev–Trinajstić information content (AvgIpc) is 2.99. The van der Waals surface area contributed by atoms with Crippen LogP contribution < -0.4 is 14.8 Å². The fourth-order valence-electron chi connectivity index (χ4n) is 1.87. The van der Waals surface area contributed by atoms with E-state index < -0.39 is 0 Å². The second-order valence-corrected chi connectivity index (χ2v) is 5.00. The Bertz CT molecular complexity index is 568. The van der Waals surface area contributed by atoms with Crippen LogP contribution in [0, 0.1) is 0 Å². The normalized spacial score (nSPS) is 16.9. The van der Waals surface area contributed by atoms with Crippen molar-refractivity contribution in [1.29, 1.82) is 0 Å². The first-order valence-electron chi connectivity index (χ1n) is 6.02. The third kappa shape index (κ3) is 2.71. The maximum Gasteiger partial charge on any atom is 0.252 e. The van der Waals surface area contributed by atoms with Gasteiger partial charge < -0.3 is 14.8 Å². The Morgan fingerprint density at radius 3 is 2.95 bits per heavy atom. The number of nitrogens with one attached hydrogen (secondary N) is 1. The van der Waals surface area contributed by atoms with Gasteiger partial charge in [-0.05, 0) is 23.6 Å². The van der Waals surface area contributed by atoms with Crippen molar-refractivity contribution < 1.29 is 14.3 Å². The number of para-hydroxylation sites is 2. The van der Waals surface area contributed by atoms with E-state index in [4.69, 9.17) is 9.47 Å². The molecule has 1 N–H and O–H groups in total. The average molecular weight is 275 g/mol. The van der Waals surface area contributed by atoms with Crippen molar-refractivity contribution in [2.45, 2.75) is 6.10 Å². The monoisotopic (exact) mass is 275 g/mol. The van der Waals surface area contributed by atoms with Crippen molar-refractivity contribution in [2.75, 3.05) is 13.2 Å². The van der Waals surface area contributed by atoms with E-state index in [1.165, 1.54) is 11.3 Å². The van der Waals surface area contributed by atoms with Crippen LogP contribution in [0.25, 0.3) is 0 Å². The molecular weight excluding hydrogens is 262 g/mol. The van der Waals surface area contributed by atoms with E-state index in [0.29, 0.717) is 18.7 Å². The van der Waals surface area contributed by atoms with Crippen LogP contribution in [0.5, 0.6) is 11.5 Å². The SMILES string of the molecule is O=C(NCC1COc2ccccc2O1)c1ccsc1. The molecule has 1 unspecified atom stereocenters. The lowest BCUT2D eigenvalue weighted by atomic mass is 10.2. The van der Waals surface area contributed by atoms with Crippen LogP contribution in [0.15, 0.2) is 41.1 Å². The zero-order chi connectivity index (χ0) is 13.1. The molecule has 1 aromatic carbocycles. The summed E-state index contributed by atoms with van der Waals surface area (Å²) in [4.78, 5) is 11.8. The summed E-state index contributed by atoms with van der Waals surface area (Å²) in [6.45, 7) is 0.879. The van der Waals surface area contributed by atoms with E-state index >= 15 is 0 Å². The van der Waals surface area contributed by atoms with Crippen LogP contribution >= 0.6 is 11.3 Å². The summed E-state index contributed by atoms with van der Waals surface area (Å²) < 4.78 is 11.3. The van der Waals surface area contributed by atoms with Crippen molar-refractivity contribution in [3.8, 4) is 11.5 Å². The van der Waals surface area contributed by atoms with E-state index in [-0.39, 0.29) is 12.0 Å². The van der Waals surface area contributed by atoms with E-state index in [2.05, 4.69) is 5.32 Å². The highest BCUT2D eigenvalue weighted by Crippen LogP contribution is 2.30. The maximum absolute atomic E-state index is 11.8. The molecule has 0 saturated carbocycles. The van der Waals surface area contributed by atoms with Gasteiger partial charge in [-0.3, -0.25) is 4.79 Å². The van der Waals surface area contributed by atoms with Crippen LogP contribution in [0.3, 0.4) is 0 Å². The van der Waals surface area contributed by atoms with E-state index in [0.717, 1.165) is 11.5 Å². The van der Waals surface area contributed by atoms with Crippen molar-refractivity contribution in [3.05, 3.63) is 46.7 Å². The van der Waals surface area contributed by atoms with E-state index in [1.54, 1.807) is 6.07 Å². The molecule has 0 saturated heterocycles. The smallest absolute Gasteiger partial charge is 0.252 e. The van der Waals surface area contributed by atoms with Gasteiger partial charge in [-0.15, -0.1) is 0 Å². The summed E-state index contributed by atoms with van der Waals surface area (Å²) in [6, 6.07) is 9.33. The number of hydrogen-bond donors (Lipinski definition) is 1. The lowest BCUT2D eigenvalue weighted by molar-refractivity contribution is 0.0789. The Kier molecular flexibility index (Phi) is 3.37. The molecule has 1 aromatic heterocycles. The Labute approximate surface area is 115 Å². The van der Waals surface area contributed by atoms with Crippen LogP contribution in [-0.4, -0.2) is 25.2 Å². The molecule has 0 fully saturated rings. The molecule has 5 heteroatoms. The first-order valence-corrected chi connectivity index (χ1v) is 6.96. The van der Waals surface area contributed by atoms with Crippen molar-refractivity contribution in [3.63, 3.8) is 0 Å². The highest BCUT2D eigenvalue weighted by atomic mass is 32.1. The summed E-state index contributed by atoms with van der Waals surface area (Å²) in [6.07, 6.45) is -0.155. The molecule has 3 rings (SSSR count). The van der Waals surface area contributed by atoms with Gasteiger partial charge in [0.15, 0.2) is 11.5 Å². The van der Waals surface area contributed by atoms with Gasteiger partial charge in [0.25, 0.3) is 5.91 Å². The van der Waals surface area contributed by atoms with E-state index in [9.17, 15) is 4.79 Å². The number of amides is 1. The molecular formula is C14H13NO3S. The fourth-order valence-corrected chi connectivity index (χ4v) is 2.50. The molecule has 0 aliphatic carbocycles. The first kappa shape index (κ1) is 12.0. The quantitative estimate of drug-likeness (QED) is 0.935. The number of fused-ring (bicyclic) bond motifs is 1. The Morgan fingerprint density at radius 1 is 1.32 bits per heavy atom. The van der Waals surface area contributed by atoms with E-state index in [1.807, 2.05) is 35.0 Å². The number of benzene rings is 1. The predicted molar refractivity (Wildman–Crippen MR) is 73.0 cm³/mol. The second-order valence-electron chi connectivity index (χ2n) is 4.22. The molecule has 4 nitrogen and oxygen atoms in total. The number of rotatable bonds is 3. The van der Waals surface area contributed by atoms with Crippen LogP contribution in [0.4, 0.5) is 0 Å². The zero-order valence-corrected chi connectivity index (χ0v) is 11.0. The molecule has 0 spiro atoms. The molecule has 1 atom stereocenters. The standard InChI is InChI=1S/C14H13NO3S/c16-14(10-5-6-19-9-10)15-7-11-8-17-12-3-1-2-4-13(12)18-11/h1-6,9,11H,7-8H2,(H,15,16). The number of carbonyl (C=O) groups is 1. The third-order valence-electron chi connectivity index (χ3n) is 2.84. The van der Waals surface area contributed by atoms with Crippen LogP contribution in [-0.2, 0) is 0 Å². The molecule has 98 valence electrons. The van der Waals surface area contributed by atoms with Gasteiger partial charge in [-0.1, -0.05) is 12.1 Å². The fraction of sp³-hybridized carbons (Fsp3) is 0.214. The Hall–Kier alpha value is -2.01. The van der Waals surface area contributed by atoms with Crippen molar-refractivity contribution in [1.82, 2.24) is 5.32 Å². The van der Waals surface area contributed by atoms with Gasteiger partial charge in [-0.25, -0.2) is 0 Å². The maximum atomic E-state index is 11.8. The lowest BCUT2D eigenvalue weighted by Gasteiger charge is -2.26. The topological polar surface area (TPSA) is 47.6 Å². The number of carbonyl (C=O) groups excluding carboxylic acids is 1. The van der Waals surface area contributed by atoms with Gasteiger partial charge in [-0.2, -0.15) is 11.3 Å². The number of thiophene rings is 1. The molecule has 1 aliphatic heterocycles. The highest BCUT2D eigenvalue weighted by Gasteiger charge is 2.21. The summed E-state index contributed by atoms with van der Waals surface area (Å²) in [5.41, 5.74) is 0.683. The minimum absolute atomic E-state index is 0.0799. The molecule has 0 bridgehead atoms. The molecule has 2 heterocycles. The highest BCUT2D eigenvalue weighted by molar-refractivity contribution is 7.08.